The molecule has 0 fully saturated rings. The average molecular weight is 353 g/mol. The molecule has 126 valence electrons. The summed E-state index contributed by atoms with van der Waals surface area (Å²) in [6.07, 6.45) is 1.71. The van der Waals surface area contributed by atoms with Gasteiger partial charge >= 0.3 is 0 Å². The van der Waals surface area contributed by atoms with Gasteiger partial charge in [-0.1, -0.05) is 35.9 Å². The number of hydrogen-bond donors (Lipinski definition) is 0. The molecule has 0 atom stereocenters. The quantitative estimate of drug-likeness (QED) is 0.662. The van der Waals surface area contributed by atoms with E-state index in [1.807, 2.05) is 60.7 Å². The third-order valence-corrected chi connectivity index (χ3v) is 3.84. The van der Waals surface area contributed by atoms with Crippen LogP contribution in [0.15, 0.2) is 79.0 Å². The van der Waals surface area contributed by atoms with E-state index in [0.29, 0.717) is 17.3 Å². The van der Waals surface area contributed by atoms with Crippen LogP contribution in [0.25, 0.3) is 0 Å². The fourth-order valence-electron chi connectivity index (χ4n) is 2.34. The molecule has 0 aliphatic rings. The molecule has 1 aromatic heterocycles. The maximum Gasteiger partial charge on any atom is 0.265 e. The summed E-state index contributed by atoms with van der Waals surface area (Å²) in [7, 11) is 0. The highest BCUT2D eigenvalue weighted by Crippen LogP contribution is 2.20. The number of amides is 1. The van der Waals surface area contributed by atoms with Crippen LogP contribution >= 0.6 is 11.6 Å². The Labute approximate surface area is 151 Å². The second-order valence-corrected chi connectivity index (χ2v) is 5.82. The third kappa shape index (κ3) is 4.81. The van der Waals surface area contributed by atoms with Crippen LogP contribution in [0.2, 0.25) is 5.02 Å². The maximum atomic E-state index is 12.7. The number of carbonyl (C=O) groups is 1. The van der Waals surface area contributed by atoms with Gasteiger partial charge in [-0.25, -0.2) is 0 Å². The Kier molecular flexibility index (Phi) is 5.65. The predicted octanol–water partition coefficient (Wildman–Crippen LogP) is 4.35. The highest BCUT2D eigenvalue weighted by Gasteiger charge is 2.17. The lowest BCUT2D eigenvalue weighted by Crippen LogP contribution is -2.34. The summed E-state index contributed by atoms with van der Waals surface area (Å²) in [6, 6.07) is 22.0. The molecule has 0 radical (unpaired) electrons. The summed E-state index contributed by atoms with van der Waals surface area (Å²) in [6.45, 7) is 0.304. The minimum atomic E-state index is -0.156. The van der Waals surface area contributed by atoms with E-state index in [2.05, 4.69) is 4.98 Å². The van der Waals surface area contributed by atoms with Crippen LogP contribution in [-0.4, -0.2) is 17.5 Å². The molecule has 3 rings (SSSR count). The first-order valence-corrected chi connectivity index (χ1v) is 8.24. The number of anilines is 1. The topological polar surface area (TPSA) is 42.4 Å². The maximum absolute atomic E-state index is 12.7. The number of carbonyl (C=O) groups excluding carboxylic acids is 1. The molecule has 0 saturated carbocycles. The van der Waals surface area contributed by atoms with Crippen molar-refractivity contribution in [1.29, 1.82) is 0 Å². The van der Waals surface area contributed by atoms with Gasteiger partial charge < -0.3 is 9.64 Å². The van der Waals surface area contributed by atoms with Crippen molar-refractivity contribution >= 4 is 23.2 Å². The largest absolute Gasteiger partial charge is 0.484 e. The molecule has 0 saturated heterocycles. The molecule has 2 aromatic carbocycles. The van der Waals surface area contributed by atoms with Gasteiger partial charge in [-0.3, -0.25) is 9.78 Å². The molecule has 5 heteroatoms. The molecule has 3 aromatic rings. The second-order valence-electron chi connectivity index (χ2n) is 5.38. The normalized spacial score (nSPS) is 10.3. The summed E-state index contributed by atoms with van der Waals surface area (Å²) in [5.74, 6) is 0.501. The van der Waals surface area contributed by atoms with Crippen LogP contribution in [0.4, 0.5) is 5.69 Å². The monoisotopic (exact) mass is 352 g/mol. The summed E-state index contributed by atoms with van der Waals surface area (Å²) >= 11 is 5.96. The summed E-state index contributed by atoms with van der Waals surface area (Å²) in [5, 5.41) is 0.620. The molecule has 1 amide bonds. The van der Waals surface area contributed by atoms with Gasteiger partial charge in [0.2, 0.25) is 0 Å². The Morgan fingerprint density at radius 1 is 0.960 bits per heavy atom. The Bertz CT molecular complexity index is 808. The van der Waals surface area contributed by atoms with Gasteiger partial charge in [-0.05, 0) is 48.5 Å². The van der Waals surface area contributed by atoms with Crippen molar-refractivity contribution in [3.63, 3.8) is 0 Å². The standard InChI is InChI=1S/C20H17ClN2O2/c21-16-9-11-18(12-10-16)23(14-17-6-4-5-13-22-17)20(24)15-25-19-7-2-1-3-8-19/h1-13H,14-15H2. The van der Waals surface area contributed by atoms with E-state index >= 15 is 0 Å². The lowest BCUT2D eigenvalue weighted by molar-refractivity contribution is -0.120. The van der Waals surface area contributed by atoms with Crippen LogP contribution in [0, 0.1) is 0 Å². The number of nitrogens with zero attached hydrogens (tertiary/aromatic N) is 2. The number of hydrogen-bond acceptors (Lipinski definition) is 3. The summed E-state index contributed by atoms with van der Waals surface area (Å²) in [5.41, 5.74) is 1.54. The smallest absolute Gasteiger partial charge is 0.265 e. The Hall–Kier alpha value is -2.85. The van der Waals surface area contributed by atoms with E-state index in [9.17, 15) is 4.79 Å². The lowest BCUT2D eigenvalue weighted by atomic mass is 10.2. The van der Waals surface area contributed by atoms with E-state index in [-0.39, 0.29) is 12.5 Å². The van der Waals surface area contributed by atoms with Crippen molar-refractivity contribution in [2.45, 2.75) is 6.54 Å². The first-order valence-electron chi connectivity index (χ1n) is 7.86. The van der Waals surface area contributed by atoms with E-state index in [1.54, 1.807) is 23.2 Å². The molecule has 0 aliphatic carbocycles. The van der Waals surface area contributed by atoms with Crippen molar-refractivity contribution in [3.8, 4) is 5.75 Å². The van der Waals surface area contributed by atoms with Crippen LogP contribution in [0.3, 0.4) is 0 Å². The Morgan fingerprint density at radius 2 is 1.68 bits per heavy atom. The van der Waals surface area contributed by atoms with Crippen molar-refractivity contribution in [2.24, 2.45) is 0 Å². The fourth-order valence-corrected chi connectivity index (χ4v) is 2.46. The van der Waals surface area contributed by atoms with Gasteiger partial charge in [0.15, 0.2) is 6.61 Å². The molecule has 0 aliphatic heterocycles. The van der Waals surface area contributed by atoms with Gasteiger partial charge in [-0.2, -0.15) is 0 Å². The molecule has 25 heavy (non-hydrogen) atoms. The summed E-state index contributed by atoms with van der Waals surface area (Å²) in [4.78, 5) is 18.7. The minimum Gasteiger partial charge on any atom is -0.484 e. The summed E-state index contributed by atoms with van der Waals surface area (Å²) < 4.78 is 5.59. The van der Waals surface area contributed by atoms with E-state index in [4.69, 9.17) is 16.3 Å². The number of benzene rings is 2. The zero-order valence-corrected chi connectivity index (χ0v) is 14.3. The Balaban J connectivity index is 1.77. The van der Waals surface area contributed by atoms with Crippen LogP contribution in [0.1, 0.15) is 5.69 Å². The zero-order chi connectivity index (χ0) is 17.5. The SMILES string of the molecule is O=C(COc1ccccc1)N(Cc1ccccn1)c1ccc(Cl)cc1. The second kappa shape index (κ2) is 8.31. The third-order valence-electron chi connectivity index (χ3n) is 3.59. The fraction of sp³-hybridized carbons (Fsp3) is 0.100. The van der Waals surface area contributed by atoms with Crippen LogP contribution in [-0.2, 0) is 11.3 Å². The van der Waals surface area contributed by atoms with Crippen molar-refractivity contribution in [2.75, 3.05) is 11.5 Å². The van der Waals surface area contributed by atoms with Gasteiger partial charge in [0.05, 0.1) is 12.2 Å². The highest BCUT2D eigenvalue weighted by atomic mass is 35.5. The number of pyridine rings is 1. The zero-order valence-electron chi connectivity index (χ0n) is 13.5. The number of para-hydroxylation sites is 1. The molecule has 0 N–H and O–H groups in total. The van der Waals surface area contributed by atoms with E-state index < -0.39 is 0 Å². The van der Waals surface area contributed by atoms with Gasteiger partial charge in [0.25, 0.3) is 5.91 Å². The van der Waals surface area contributed by atoms with Crippen molar-refractivity contribution < 1.29 is 9.53 Å². The average Bonchev–Trinajstić information content (AvgIpc) is 2.67. The van der Waals surface area contributed by atoms with Gasteiger partial charge in [-0.15, -0.1) is 0 Å². The number of rotatable bonds is 6. The molecular weight excluding hydrogens is 336 g/mol. The molecule has 4 nitrogen and oxygen atoms in total. The first kappa shape index (κ1) is 17.0. The molecular formula is C20H17ClN2O2. The molecule has 0 unspecified atom stereocenters. The van der Waals surface area contributed by atoms with Crippen molar-refractivity contribution in [3.05, 3.63) is 89.7 Å². The number of aromatic nitrogens is 1. The van der Waals surface area contributed by atoms with Crippen LogP contribution in [0.5, 0.6) is 5.75 Å². The lowest BCUT2D eigenvalue weighted by Gasteiger charge is -2.22. The van der Waals surface area contributed by atoms with E-state index in [0.717, 1.165) is 11.4 Å². The Morgan fingerprint density at radius 3 is 2.36 bits per heavy atom. The predicted molar refractivity (Wildman–Crippen MR) is 98.8 cm³/mol. The number of ether oxygens (including phenoxy) is 1. The molecule has 0 spiro atoms. The first-order chi connectivity index (χ1) is 12.2. The highest BCUT2D eigenvalue weighted by molar-refractivity contribution is 6.30. The molecule has 0 bridgehead atoms. The van der Waals surface area contributed by atoms with E-state index in [1.165, 1.54) is 0 Å². The molecule has 1 heterocycles. The minimum absolute atomic E-state index is 0.0561. The van der Waals surface area contributed by atoms with Crippen LogP contribution < -0.4 is 9.64 Å². The van der Waals surface area contributed by atoms with Crippen molar-refractivity contribution in [1.82, 2.24) is 4.98 Å². The van der Waals surface area contributed by atoms with Gasteiger partial charge in [0, 0.05) is 16.9 Å². The van der Waals surface area contributed by atoms with Gasteiger partial charge in [0.1, 0.15) is 5.75 Å². The number of halogens is 1.